The van der Waals surface area contributed by atoms with Gasteiger partial charge in [0.1, 0.15) is 0 Å². The van der Waals surface area contributed by atoms with E-state index >= 15 is 0 Å². The summed E-state index contributed by atoms with van der Waals surface area (Å²) in [6, 6.07) is 0.0200. The van der Waals surface area contributed by atoms with Crippen molar-refractivity contribution in [3.05, 3.63) is 0 Å². The van der Waals surface area contributed by atoms with Crippen LogP contribution in [0.15, 0.2) is 0 Å². The summed E-state index contributed by atoms with van der Waals surface area (Å²) in [6.45, 7) is 0. The van der Waals surface area contributed by atoms with Crippen molar-refractivity contribution in [3.63, 3.8) is 0 Å². The van der Waals surface area contributed by atoms with Crippen LogP contribution in [0.5, 0.6) is 0 Å². The first-order chi connectivity index (χ1) is 4.42. The fraction of sp³-hybridized carbons (Fsp3) is 1.00. The van der Waals surface area contributed by atoms with Crippen LogP contribution in [0.1, 0.15) is 6.42 Å². The largest absolute Gasteiger partial charge is 1.00 e. The van der Waals surface area contributed by atoms with Crippen molar-refractivity contribution in [2.24, 2.45) is 0 Å². The van der Waals surface area contributed by atoms with Crippen LogP contribution in [0, 0.1) is 0 Å². The average molecular weight is 247 g/mol. The Balaban J connectivity index is -0.000000135. The molecule has 0 unspecified atom stereocenters. The van der Waals surface area contributed by atoms with Gasteiger partial charge in [0.2, 0.25) is 0 Å². The molecule has 0 bridgehead atoms. The Bertz CT molecular complexity index is 182. The minimum Gasteiger partial charge on any atom is -0.870 e. The van der Waals surface area contributed by atoms with Gasteiger partial charge in [-0.25, -0.2) is 8.42 Å². The Hall–Kier alpha value is 2.01. The van der Waals surface area contributed by atoms with E-state index < -0.39 is 25.2 Å². The standard InChI is InChI=1S/C3H9O5SSi.2Na.H2O/c4-9(5,6)2-1-3-10(7)8;;;/h7-8H,1-3H2,(H,4,5,6);;;1H2/q-1;2*+1;/p-2. The summed E-state index contributed by atoms with van der Waals surface area (Å²) in [5, 5.41) is 0. The van der Waals surface area contributed by atoms with Crippen molar-refractivity contribution in [1.82, 2.24) is 0 Å². The van der Waals surface area contributed by atoms with Gasteiger partial charge >= 0.3 is 59.1 Å². The van der Waals surface area contributed by atoms with Crippen molar-refractivity contribution >= 4 is 19.4 Å². The normalized spacial score (nSPS) is 9.54. The smallest absolute Gasteiger partial charge is 0.870 e. The quantitative estimate of drug-likeness (QED) is 0.375. The second-order valence-corrected chi connectivity index (χ2v) is 4.64. The van der Waals surface area contributed by atoms with E-state index in [-0.39, 0.29) is 77.1 Å². The molecule has 0 saturated heterocycles. The number of hydrogen-bond acceptors (Lipinski definition) is 6. The van der Waals surface area contributed by atoms with Gasteiger partial charge in [-0.2, -0.15) is 0 Å². The number of hydrogen-bond donors (Lipinski definition) is 2. The van der Waals surface area contributed by atoms with Gasteiger partial charge in [-0.1, -0.05) is 6.42 Å². The van der Waals surface area contributed by atoms with Crippen LogP contribution in [0.2, 0.25) is 6.04 Å². The summed E-state index contributed by atoms with van der Waals surface area (Å²) in [7, 11) is -6.54. The van der Waals surface area contributed by atoms with Crippen LogP contribution in [0.25, 0.3) is 0 Å². The molecule has 0 aromatic rings. The Morgan fingerprint density at radius 1 is 1.23 bits per heavy atom. The average Bonchev–Trinajstić information content (AvgIpc) is 1.59. The van der Waals surface area contributed by atoms with Gasteiger partial charge in [0.05, 0.1) is 10.1 Å². The fourth-order valence-electron chi connectivity index (χ4n) is 0.407. The molecule has 70 valence electrons. The molecule has 0 heterocycles. The van der Waals surface area contributed by atoms with Gasteiger partial charge in [-0.3, -0.25) is 0 Å². The third kappa shape index (κ3) is 24.9. The molecular formula is C3H9Na2O6SSi-. The summed E-state index contributed by atoms with van der Waals surface area (Å²) in [4.78, 5) is 16.6. The van der Waals surface area contributed by atoms with E-state index in [0.717, 1.165) is 0 Å². The third-order valence-electron chi connectivity index (χ3n) is 0.795. The van der Waals surface area contributed by atoms with Crippen LogP contribution in [-0.2, 0) is 10.1 Å². The molecule has 0 amide bonds. The maximum Gasteiger partial charge on any atom is 1.00 e. The third-order valence-corrected chi connectivity index (χ3v) is 2.38. The van der Waals surface area contributed by atoms with E-state index in [4.69, 9.17) is 9.59 Å². The molecule has 0 aromatic heterocycles. The van der Waals surface area contributed by atoms with E-state index in [1.165, 1.54) is 0 Å². The zero-order chi connectivity index (χ0) is 8.20. The Morgan fingerprint density at radius 2 is 1.62 bits per heavy atom. The van der Waals surface area contributed by atoms with E-state index in [2.05, 4.69) is 0 Å². The molecule has 6 nitrogen and oxygen atoms in total. The Kier molecular flexibility index (Phi) is 22.6. The summed E-state index contributed by atoms with van der Waals surface area (Å²) >= 11 is 0. The molecular weight excluding hydrogens is 238 g/mol. The number of rotatable bonds is 4. The predicted octanol–water partition coefficient (Wildman–Crippen LogP) is -7.77. The minimum absolute atomic E-state index is 0. The first-order valence-electron chi connectivity index (χ1n) is 2.59. The van der Waals surface area contributed by atoms with Gasteiger partial charge in [0.25, 0.3) is 0 Å². The van der Waals surface area contributed by atoms with Crippen molar-refractivity contribution in [2.75, 3.05) is 5.75 Å². The SMILES string of the molecule is O=S(=O)([O-])CCC[Si-](O)O.[Na+].[Na+].[OH-]. The van der Waals surface area contributed by atoms with Crippen molar-refractivity contribution < 1.29 is 87.2 Å². The Morgan fingerprint density at radius 3 is 1.85 bits per heavy atom. The van der Waals surface area contributed by atoms with Crippen molar-refractivity contribution in [1.29, 1.82) is 0 Å². The minimum atomic E-state index is -4.18. The molecule has 0 fully saturated rings. The topological polar surface area (TPSA) is 128 Å². The second kappa shape index (κ2) is 12.1. The summed E-state index contributed by atoms with van der Waals surface area (Å²) in [5.74, 6) is -0.512. The van der Waals surface area contributed by atoms with Crippen LogP contribution in [-0.4, -0.2) is 43.1 Å². The molecule has 3 N–H and O–H groups in total. The maximum absolute atomic E-state index is 9.91. The fourth-order valence-corrected chi connectivity index (χ4v) is 1.65. The molecule has 0 aromatic carbocycles. The molecule has 0 aliphatic heterocycles. The summed E-state index contributed by atoms with van der Waals surface area (Å²) in [5.41, 5.74) is 0. The zero-order valence-electron chi connectivity index (χ0n) is 7.60. The molecule has 0 radical (unpaired) electrons. The van der Waals surface area contributed by atoms with E-state index in [1.54, 1.807) is 0 Å². The molecule has 0 rings (SSSR count). The molecule has 0 atom stereocenters. The van der Waals surface area contributed by atoms with Gasteiger partial charge in [0.15, 0.2) is 0 Å². The van der Waals surface area contributed by atoms with Crippen molar-refractivity contribution in [2.45, 2.75) is 12.5 Å². The van der Waals surface area contributed by atoms with Crippen LogP contribution in [0.4, 0.5) is 0 Å². The molecule has 0 aliphatic carbocycles. The van der Waals surface area contributed by atoms with Crippen molar-refractivity contribution in [3.8, 4) is 0 Å². The maximum atomic E-state index is 9.91. The molecule has 10 heteroatoms. The first kappa shape index (κ1) is 24.3. The van der Waals surface area contributed by atoms with Gasteiger partial charge in [-0.05, 0) is 0 Å². The van der Waals surface area contributed by atoms with Gasteiger partial charge < -0.3 is 19.6 Å². The van der Waals surface area contributed by atoms with Crippen LogP contribution < -0.4 is 59.1 Å². The molecule has 0 spiro atoms. The van der Waals surface area contributed by atoms with E-state index in [0.29, 0.717) is 0 Å². The monoisotopic (exact) mass is 247 g/mol. The van der Waals surface area contributed by atoms with Crippen LogP contribution >= 0.6 is 0 Å². The summed E-state index contributed by atoms with van der Waals surface area (Å²) in [6.07, 6.45) is 0.0349. The Labute approximate surface area is 123 Å². The molecule has 0 aliphatic rings. The van der Waals surface area contributed by atoms with Crippen LogP contribution in [0.3, 0.4) is 0 Å². The van der Waals surface area contributed by atoms with E-state index in [1.807, 2.05) is 0 Å². The molecule has 0 saturated carbocycles. The first-order valence-corrected chi connectivity index (χ1v) is 5.77. The zero-order valence-corrected chi connectivity index (χ0v) is 13.4. The molecule has 13 heavy (non-hydrogen) atoms. The second-order valence-electron chi connectivity index (χ2n) is 1.78. The predicted molar refractivity (Wildman–Crippen MR) is 36.1 cm³/mol. The summed E-state index contributed by atoms with van der Waals surface area (Å²) < 4.78 is 29.7. The van der Waals surface area contributed by atoms with Gasteiger partial charge in [-0.15, -0.1) is 6.04 Å². The van der Waals surface area contributed by atoms with Gasteiger partial charge in [0, 0.05) is 15.0 Å². The van der Waals surface area contributed by atoms with E-state index in [9.17, 15) is 13.0 Å².